The molecule has 0 radical (unpaired) electrons. The molecule has 4 heterocycles. The van der Waals surface area contributed by atoms with Gasteiger partial charge in [-0.15, -0.1) is 0 Å². The Balaban J connectivity index is 1.21. The summed E-state index contributed by atoms with van der Waals surface area (Å²) in [6.45, 7) is 0.815. The molecule has 1 atom stereocenters. The Morgan fingerprint density at radius 2 is 2.19 bits per heavy atom. The monoisotopic (exact) mass is 451 g/mol. The number of hydrogen-bond acceptors (Lipinski definition) is 7. The fourth-order valence-corrected chi connectivity index (χ4v) is 4.48. The van der Waals surface area contributed by atoms with E-state index >= 15 is 0 Å². The topological polar surface area (TPSA) is 99.6 Å². The van der Waals surface area contributed by atoms with E-state index in [4.69, 9.17) is 10.00 Å². The quantitative estimate of drug-likeness (QED) is 0.607. The van der Waals surface area contributed by atoms with E-state index in [-0.39, 0.29) is 17.7 Å². The maximum Gasteiger partial charge on any atom is 0.341 e. The van der Waals surface area contributed by atoms with E-state index in [0.29, 0.717) is 30.3 Å². The molecule has 1 fully saturated rings. The second-order valence-corrected chi connectivity index (χ2v) is 8.37. The highest BCUT2D eigenvalue weighted by Crippen LogP contribution is 2.32. The molecule has 162 valence electrons. The Morgan fingerprint density at radius 3 is 2.94 bits per heavy atom. The van der Waals surface area contributed by atoms with Gasteiger partial charge in [-0.1, -0.05) is 11.3 Å². The van der Waals surface area contributed by atoms with Gasteiger partial charge in [-0.2, -0.15) is 15.5 Å². The van der Waals surface area contributed by atoms with Crippen LogP contribution in [0.4, 0.5) is 9.18 Å². The molecule has 0 N–H and O–H groups in total. The van der Waals surface area contributed by atoms with Crippen molar-refractivity contribution in [2.24, 2.45) is 12.1 Å². The van der Waals surface area contributed by atoms with Crippen molar-refractivity contribution in [2.45, 2.75) is 18.6 Å². The molecule has 1 saturated heterocycles. The fraction of sp³-hybridized carbons (Fsp3) is 0.286. The second kappa shape index (κ2) is 8.05. The number of aryl methyl sites for hydroxylation is 1. The van der Waals surface area contributed by atoms with Crippen molar-refractivity contribution in [1.29, 1.82) is 5.26 Å². The highest BCUT2D eigenvalue weighted by atomic mass is 32.1. The van der Waals surface area contributed by atoms with Gasteiger partial charge in [0.25, 0.3) is 5.19 Å². The predicted octanol–water partition coefficient (Wildman–Crippen LogP) is 3.17. The number of halogens is 1. The van der Waals surface area contributed by atoms with Gasteiger partial charge in [0.05, 0.1) is 36.5 Å². The van der Waals surface area contributed by atoms with Gasteiger partial charge < -0.3 is 9.64 Å². The number of benzene rings is 1. The minimum atomic E-state index is -0.510. The van der Waals surface area contributed by atoms with Crippen LogP contribution in [0.25, 0.3) is 11.4 Å². The molecule has 1 aromatic carbocycles. The van der Waals surface area contributed by atoms with E-state index < -0.39 is 11.9 Å². The molecule has 2 aliphatic heterocycles. The number of hydrogen-bond donors (Lipinski definition) is 0. The van der Waals surface area contributed by atoms with E-state index in [9.17, 15) is 9.18 Å². The van der Waals surface area contributed by atoms with Crippen LogP contribution in [0, 0.1) is 17.1 Å². The number of hydrazone groups is 1. The first-order chi connectivity index (χ1) is 15.5. The number of ether oxygens (including phenoxy) is 1. The van der Waals surface area contributed by atoms with Crippen molar-refractivity contribution in [3.05, 3.63) is 52.8 Å². The first-order valence-corrected chi connectivity index (χ1v) is 10.8. The molecule has 0 bridgehead atoms. The van der Waals surface area contributed by atoms with Crippen LogP contribution >= 0.6 is 11.3 Å². The first kappa shape index (κ1) is 20.1. The van der Waals surface area contributed by atoms with Crippen molar-refractivity contribution >= 4 is 23.6 Å². The van der Waals surface area contributed by atoms with E-state index in [1.165, 1.54) is 28.5 Å². The summed E-state index contributed by atoms with van der Waals surface area (Å²) in [5.74, 6) is -0.510. The zero-order valence-corrected chi connectivity index (χ0v) is 17.9. The van der Waals surface area contributed by atoms with Crippen LogP contribution in [0.2, 0.25) is 0 Å². The van der Waals surface area contributed by atoms with Crippen LogP contribution in [-0.4, -0.2) is 56.1 Å². The highest BCUT2D eigenvalue weighted by Gasteiger charge is 2.39. The summed E-state index contributed by atoms with van der Waals surface area (Å²) >= 11 is 1.40. The summed E-state index contributed by atoms with van der Waals surface area (Å²) in [7, 11) is 1.85. The van der Waals surface area contributed by atoms with Crippen LogP contribution in [0.15, 0.2) is 40.9 Å². The smallest absolute Gasteiger partial charge is 0.341 e. The number of aromatic nitrogens is 3. The third kappa shape index (κ3) is 3.69. The lowest BCUT2D eigenvalue weighted by atomic mass is 10.0. The molecule has 3 aromatic rings. The molecular formula is C21H18FN7O2S. The molecule has 0 aliphatic carbocycles. The number of thiazole rings is 1. The number of likely N-dealkylation sites (tertiary alicyclic amines) is 1. The maximum absolute atomic E-state index is 13.9. The third-order valence-corrected chi connectivity index (χ3v) is 6.14. The number of amides is 2. The van der Waals surface area contributed by atoms with Gasteiger partial charge in [-0.3, -0.25) is 4.68 Å². The predicted molar refractivity (Wildman–Crippen MR) is 115 cm³/mol. The molecule has 2 amide bonds. The molecule has 9 nitrogen and oxygen atoms in total. The number of nitrogens with zero attached hydrogens (tertiary/aromatic N) is 7. The van der Waals surface area contributed by atoms with Gasteiger partial charge in [-0.05, 0) is 29.8 Å². The Morgan fingerprint density at radius 1 is 1.34 bits per heavy atom. The minimum absolute atomic E-state index is 0.158. The van der Waals surface area contributed by atoms with Gasteiger partial charge in [0.1, 0.15) is 17.6 Å². The SMILES string of the molecule is Cn1nccc1-c1csc(OC2CN(C(=O)N3N=CC[C@H]3c3cc(F)cc(C#N)c3)C2)n1. The van der Waals surface area contributed by atoms with E-state index in [0.717, 1.165) is 11.4 Å². The average molecular weight is 451 g/mol. The standard InChI is InChI=1S/C21H18FN7O2S/c1-27-19(3-4-24-27)17-12-32-20(26-17)31-16-10-28(11-16)21(30)29-18(2-5-25-29)14-6-13(9-23)7-15(22)8-14/h3-8,12,16,18H,2,10-11H2,1H3/t18-/m0/s1. The Bertz CT molecular complexity index is 1240. The number of carbonyl (C=O) groups is 1. The number of carbonyl (C=O) groups excluding carboxylic acids is 1. The summed E-state index contributed by atoms with van der Waals surface area (Å²) in [6, 6.07) is 7.21. The van der Waals surface area contributed by atoms with E-state index in [2.05, 4.69) is 15.2 Å². The molecule has 2 aliphatic rings. The van der Waals surface area contributed by atoms with Crippen LogP contribution < -0.4 is 4.74 Å². The minimum Gasteiger partial charge on any atom is -0.463 e. The van der Waals surface area contributed by atoms with Gasteiger partial charge in [-0.25, -0.2) is 19.2 Å². The van der Waals surface area contributed by atoms with E-state index in [1.54, 1.807) is 28.1 Å². The van der Waals surface area contributed by atoms with Crippen molar-refractivity contribution in [3.63, 3.8) is 0 Å². The van der Waals surface area contributed by atoms with Gasteiger partial charge >= 0.3 is 6.03 Å². The largest absolute Gasteiger partial charge is 0.463 e. The molecule has 5 rings (SSSR count). The molecule has 11 heteroatoms. The van der Waals surface area contributed by atoms with Crippen LogP contribution in [0.5, 0.6) is 5.19 Å². The molecule has 32 heavy (non-hydrogen) atoms. The molecular weight excluding hydrogens is 433 g/mol. The molecule has 0 saturated carbocycles. The Kier molecular flexibility index (Phi) is 5.07. The van der Waals surface area contributed by atoms with Gasteiger partial charge in [0.15, 0.2) is 0 Å². The zero-order chi connectivity index (χ0) is 22.2. The maximum atomic E-state index is 13.9. The first-order valence-electron chi connectivity index (χ1n) is 9.93. The lowest BCUT2D eigenvalue weighted by Crippen LogP contribution is -2.58. The van der Waals surface area contributed by atoms with Crippen LogP contribution in [0.3, 0.4) is 0 Å². The highest BCUT2D eigenvalue weighted by molar-refractivity contribution is 7.11. The van der Waals surface area contributed by atoms with Gasteiger partial charge in [0.2, 0.25) is 0 Å². The summed E-state index contributed by atoms with van der Waals surface area (Å²) in [4.78, 5) is 19.1. The number of urea groups is 1. The number of nitriles is 1. The lowest BCUT2D eigenvalue weighted by molar-refractivity contribution is 0.0276. The van der Waals surface area contributed by atoms with Crippen LogP contribution in [-0.2, 0) is 7.05 Å². The lowest BCUT2D eigenvalue weighted by Gasteiger charge is -2.40. The molecule has 2 aromatic heterocycles. The van der Waals surface area contributed by atoms with Crippen molar-refractivity contribution in [2.75, 3.05) is 13.1 Å². The average Bonchev–Trinajstić information content (AvgIpc) is 3.49. The fourth-order valence-electron chi connectivity index (χ4n) is 3.76. The zero-order valence-electron chi connectivity index (χ0n) is 17.1. The number of rotatable bonds is 4. The van der Waals surface area contributed by atoms with Gasteiger partial charge in [0, 0.05) is 31.3 Å². The van der Waals surface area contributed by atoms with E-state index in [1.807, 2.05) is 24.6 Å². The van der Waals surface area contributed by atoms with Crippen molar-refractivity contribution in [3.8, 4) is 22.7 Å². The summed E-state index contributed by atoms with van der Waals surface area (Å²) in [5.41, 5.74) is 2.45. The molecule has 0 spiro atoms. The second-order valence-electron chi connectivity index (χ2n) is 7.55. The Hall–Kier alpha value is -3.78. The normalized spacial score (nSPS) is 18.0. The summed E-state index contributed by atoms with van der Waals surface area (Å²) in [6.07, 6.45) is 3.64. The Labute approximate surface area is 187 Å². The summed E-state index contributed by atoms with van der Waals surface area (Å²) in [5, 5.41) is 21.2. The van der Waals surface area contributed by atoms with Crippen LogP contribution in [0.1, 0.15) is 23.6 Å². The van der Waals surface area contributed by atoms with Crippen molar-refractivity contribution < 1.29 is 13.9 Å². The summed E-state index contributed by atoms with van der Waals surface area (Å²) < 4.78 is 21.5. The molecule has 0 unspecified atom stereocenters. The van der Waals surface area contributed by atoms with Crippen molar-refractivity contribution in [1.82, 2.24) is 24.7 Å². The third-order valence-electron chi connectivity index (χ3n) is 5.41.